The lowest BCUT2D eigenvalue weighted by atomic mass is 9.93. The fourth-order valence-electron chi connectivity index (χ4n) is 2.99. The minimum Gasteiger partial charge on any atom is -0.314 e. The van der Waals surface area contributed by atoms with Crippen LogP contribution < -0.4 is 5.32 Å². The molecule has 0 radical (unpaired) electrons. The van der Waals surface area contributed by atoms with Crippen LogP contribution in [0.3, 0.4) is 0 Å². The van der Waals surface area contributed by atoms with Crippen LogP contribution in [0.5, 0.6) is 0 Å². The van der Waals surface area contributed by atoms with Crippen LogP contribution in [0, 0.1) is 12.8 Å². The second kappa shape index (κ2) is 9.25. The number of rotatable bonds is 11. The topological polar surface area (TPSA) is 12.0 Å². The number of benzene rings is 1. The summed E-state index contributed by atoms with van der Waals surface area (Å²) in [6.07, 6.45) is 12.4. The quantitative estimate of drug-likeness (QED) is 0.547. The first-order chi connectivity index (χ1) is 10.3. The summed E-state index contributed by atoms with van der Waals surface area (Å²) in [5.74, 6) is 0.815. The summed E-state index contributed by atoms with van der Waals surface area (Å²) < 4.78 is 0. The molecule has 1 nitrogen and oxygen atoms in total. The minimum absolute atomic E-state index is 0.815. The van der Waals surface area contributed by atoms with Crippen LogP contribution >= 0.6 is 0 Å². The van der Waals surface area contributed by atoms with Crippen molar-refractivity contribution in [1.82, 2.24) is 5.32 Å². The van der Waals surface area contributed by atoms with Crippen LogP contribution in [-0.2, 0) is 6.42 Å². The van der Waals surface area contributed by atoms with Crippen molar-refractivity contribution >= 4 is 0 Å². The van der Waals surface area contributed by atoms with Gasteiger partial charge >= 0.3 is 0 Å². The van der Waals surface area contributed by atoms with Gasteiger partial charge in [0.1, 0.15) is 0 Å². The molecular weight excluding hydrogens is 254 g/mol. The van der Waals surface area contributed by atoms with Crippen LogP contribution in [0.1, 0.15) is 69.4 Å². The third-order valence-corrected chi connectivity index (χ3v) is 4.63. The lowest BCUT2D eigenvalue weighted by molar-refractivity contribution is 0.419. The fraction of sp³-hybridized carbons (Fsp3) is 0.700. The highest BCUT2D eigenvalue weighted by Gasteiger charge is 2.21. The molecule has 0 aliphatic heterocycles. The second-order valence-electron chi connectivity index (χ2n) is 6.94. The summed E-state index contributed by atoms with van der Waals surface area (Å²) in [5, 5.41) is 3.74. The molecule has 1 saturated carbocycles. The van der Waals surface area contributed by atoms with Crippen molar-refractivity contribution in [2.24, 2.45) is 5.92 Å². The van der Waals surface area contributed by atoms with Crippen LogP contribution in [0.15, 0.2) is 24.3 Å². The number of hydrogen-bond acceptors (Lipinski definition) is 1. The highest BCUT2D eigenvalue weighted by molar-refractivity contribution is 5.21. The normalized spacial score (nSPS) is 16.1. The molecule has 1 aliphatic carbocycles. The largest absolute Gasteiger partial charge is 0.314 e. The molecule has 118 valence electrons. The van der Waals surface area contributed by atoms with Crippen molar-refractivity contribution in [2.75, 3.05) is 6.54 Å². The number of unbranched alkanes of at least 4 members (excludes halogenated alkanes) is 4. The van der Waals surface area contributed by atoms with Gasteiger partial charge in [0.15, 0.2) is 0 Å². The number of aryl methyl sites for hydroxylation is 1. The van der Waals surface area contributed by atoms with E-state index in [4.69, 9.17) is 0 Å². The maximum atomic E-state index is 3.74. The van der Waals surface area contributed by atoms with E-state index in [1.807, 2.05) is 0 Å². The van der Waals surface area contributed by atoms with Gasteiger partial charge in [-0.25, -0.2) is 0 Å². The average Bonchev–Trinajstić information content (AvgIpc) is 3.31. The molecule has 21 heavy (non-hydrogen) atoms. The molecule has 1 aromatic carbocycles. The van der Waals surface area contributed by atoms with E-state index >= 15 is 0 Å². The molecule has 1 heteroatoms. The zero-order valence-corrected chi connectivity index (χ0v) is 14.0. The van der Waals surface area contributed by atoms with E-state index in [0.717, 1.165) is 12.0 Å². The van der Waals surface area contributed by atoms with Gasteiger partial charge in [0.05, 0.1) is 0 Å². The molecule has 1 aliphatic rings. The van der Waals surface area contributed by atoms with Gasteiger partial charge < -0.3 is 5.32 Å². The first kappa shape index (κ1) is 16.5. The molecule has 1 aromatic rings. The molecule has 0 spiro atoms. The Hall–Kier alpha value is -0.820. The lowest BCUT2D eigenvalue weighted by Gasteiger charge is -2.18. The Labute approximate surface area is 131 Å². The smallest absolute Gasteiger partial charge is 0.00683 e. The number of hydrogen-bond donors (Lipinski definition) is 1. The molecule has 1 fully saturated rings. The van der Waals surface area contributed by atoms with Gasteiger partial charge in [-0.1, -0.05) is 68.9 Å². The Balaban J connectivity index is 1.74. The van der Waals surface area contributed by atoms with Crippen molar-refractivity contribution in [3.8, 4) is 0 Å². The van der Waals surface area contributed by atoms with Crippen molar-refractivity contribution in [2.45, 2.75) is 77.7 Å². The summed E-state index contributed by atoms with van der Waals surface area (Å²) in [7, 11) is 0. The molecule has 2 rings (SSSR count). The molecule has 1 unspecified atom stereocenters. The fourth-order valence-corrected chi connectivity index (χ4v) is 2.99. The van der Waals surface area contributed by atoms with Gasteiger partial charge in [-0.05, 0) is 50.6 Å². The molecular formula is C20H33N. The predicted octanol–water partition coefficient (Wildman–Crippen LogP) is 5.27. The Morgan fingerprint density at radius 1 is 1.05 bits per heavy atom. The molecule has 0 aromatic heterocycles. The highest BCUT2D eigenvalue weighted by atomic mass is 14.9. The zero-order chi connectivity index (χ0) is 14.9. The van der Waals surface area contributed by atoms with Crippen molar-refractivity contribution in [3.63, 3.8) is 0 Å². The Bertz CT molecular complexity index is 377. The van der Waals surface area contributed by atoms with Crippen LogP contribution in [0.4, 0.5) is 0 Å². The molecule has 0 amide bonds. The summed E-state index contributed by atoms with van der Waals surface area (Å²) in [6, 6.07) is 9.97. The van der Waals surface area contributed by atoms with E-state index in [9.17, 15) is 0 Å². The average molecular weight is 287 g/mol. The molecule has 1 N–H and O–H groups in total. The summed E-state index contributed by atoms with van der Waals surface area (Å²) >= 11 is 0. The number of nitrogens with one attached hydrogen (secondary N) is 1. The van der Waals surface area contributed by atoms with Gasteiger partial charge in [0.2, 0.25) is 0 Å². The SMILES string of the molecule is CCCCCCCC(CNC1CC1)Cc1ccc(C)cc1. The first-order valence-corrected chi connectivity index (χ1v) is 9.07. The Morgan fingerprint density at radius 3 is 2.43 bits per heavy atom. The van der Waals surface area contributed by atoms with Crippen molar-refractivity contribution in [3.05, 3.63) is 35.4 Å². The van der Waals surface area contributed by atoms with Gasteiger partial charge in [-0.3, -0.25) is 0 Å². The summed E-state index contributed by atoms with van der Waals surface area (Å²) in [5.41, 5.74) is 2.88. The third kappa shape index (κ3) is 7.13. The second-order valence-corrected chi connectivity index (χ2v) is 6.94. The van der Waals surface area contributed by atoms with Gasteiger partial charge in [-0.15, -0.1) is 0 Å². The van der Waals surface area contributed by atoms with Gasteiger partial charge in [-0.2, -0.15) is 0 Å². The lowest BCUT2D eigenvalue weighted by Crippen LogP contribution is -2.26. The minimum atomic E-state index is 0.815. The summed E-state index contributed by atoms with van der Waals surface area (Å²) in [4.78, 5) is 0. The van der Waals surface area contributed by atoms with Crippen LogP contribution in [-0.4, -0.2) is 12.6 Å². The summed E-state index contributed by atoms with van der Waals surface area (Å²) in [6.45, 7) is 5.68. The molecule has 0 saturated heterocycles. The van der Waals surface area contributed by atoms with E-state index in [-0.39, 0.29) is 0 Å². The van der Waals surface area contributed by atoms with Gasteiger partial charge in [0.25, 0.3) is 0 Å². The third-order valence-electron chi connectivity index (χ3n) is 4.63. The van der Waals surface area contributed by atoms with E-state index in [0.29, 0.717) is 0 Å². The van der Waals surface area contributed by atoms with Crippen LogP contribution in [0.25, 0.3) is 0 Å². The highest BCUT2D eigenvalue weighted by Crippen LogP contribution is 2.21. The van der Waals surface area contributed by atoms with E-state index in [1.54, 1.807) is 0 Å². The molecule has 1 atom stereocenters. The van der Waals surface area contributed by atoms with E-state index in [2.05, 4.69) is 43.4 Å². The maximum absolute atomic E-state index is 3.74. The van der Waals surface area contributed by atoms with E-state index < -0.39 is 0 Å². The van der Waals surface area contributed by atoms with Gasteiger partial charge in [0, 0.05) is 6.04 Å². The van der Waals surface area contributed by atoms with Crippen molar-refractivity contribution < 1.29 is 0 Å². The van der Waals surface area contributed by atoms with Crippen LogP contribution in [0.2, 0.25) is 0 Å². The molecule has 0 heterocycles. The maximum Gasteiger partial charge on any atom is 0.00683 e. The van der Waals surface area contributed by atoms with Crippen molar-refractivity contribution in [1.29, 1.82) is 0 Å². The zero-order valence-electron chi connectivity index (χ0n) is 14.0. The molecule has 0 bridgehead atoms. The standard InChI is InChI=1S/C20H33N/c1-3-4-5-6-7-8-19(16-21-20-13-14-20)15-18-11-9-17(2)10-12-18/h9-12,19-21H,3-8,13-16H2,1-2H3. The monoisotopic (exact) mass is 287 g/mol. The Morgan fingerprint density at radius 2 is 1.76 bits per heavy atom. The predicted molar refractivity (Wildman–Crippen MR) is 92.8 cm³/mol. The Kier molecular flexibility index (Phi) is 7.29. The first-order valence-electron chi connectivity index (χ1n) is 9.07. The van der Waals surface area contributed by atoms with E-state index in [1.165, 1.54) is 75.5 Å².